The first-order chi connectivity index (χ1) is 21.6. The summed E-state index contributed by atoms with van der Waals surface area (Å²) in [5, 5.41) is 8.98. The van der Waals surface area contributed by atoms with E-state index in [1.165, 1.54) is 18.3 Å². The number of likely N-dealkylation sites (tertiary alicyclic amines) is 2. The minimum Gasteiger partial charge on any atom is -0.497 e. The summed E-state index contributed by atoms with van der Waals surface area (Å²) in [7, 11) is 1.59. The number of nitriles is 1. The summed E-state index contributed by atoms with van der Waals surface area (Å²) in [6.45, 7) is 7.40. The van der Waals surface area contributed by atoms with Gasteiger partial charge in [0.25, 0.3) is 5.91 Å². The number of hydrogen-bond acceptors (Lipinski definition) is 7. The molecule has 2 aliphatic rings. The van der Waals surface area contributed by atoms with Crippen molar-refractivity contribution >= 4 is 17.5 Å². The van der Waals surface area contributed by atoms with E-state index in [1.807, 2.05) is 6.07 Å². The van der Waals surface area contributed by atoms with E-state index < -0.39 is 5.82 Å². The van der Waals surface area contributed by atoms with E-state index >= 15 is 0 Å². The first kappa shape index (κ1) is 32.0. The minimum absolute atomic E-state index is 0.0000426. The van der Waals surface area contributed by atoms with Crippen LogP contribution in [0.25, 0.3) is 0 Å². The number of rotatable bonds is 9. The fourth-order valence-corrected chi connectivity index (χ4v) is 6.56. The number of benzene rings is 2. The zero-order valence-corrected chi connectivity index (χ0v) is 26.1. The number of carbonyl (C=O) groups is 3. The number of aromatic nitrogens is 1. The maximum absolute atomic E-state index is 14.1. The molecule has 3 heterocycles. The summed E-state index contributed by atoms with van der Waals surface area (Å²) < 4.78 is 19.3. The van der Waals surface area contributed by atoms with Crippen LogP contribution in [0.1, 0.15) is 81.9 Å². The maximum Gasteiger partial charge on any atom is 0.272 e. The van der Waals surface area contributed by atoms with Crippen LogP contribution < -0.4 is 4.74 Å². The van der Waals surface area contributed by atoms with E-state index in [9.17, 15) is 18.8 Å². The molecule has 2 aromatic carbocycles. The van der Waals surface area contributed by atoms with Gasteiger partial charge in [0.05, 0.1) is 12.7 Å². The van der Waals surface area contributed by atoms with Crippen LogP contribution in [0, 0.1) is 34.4 Å². The number of piperidine rings is 2. The number of carbonyl (C=O) groups excluding carboxylic acids is 3. The van der Waals surface area contributed by atoms with Crippen molar-refractivity contribution in [3.63, 3.8) is 0 Å². The van der Waals surface area contributed by atoms with Crippen LogP contribution in [0.15, 0.2) is 60.8 Å². The zero-order valence-electron chi connectivity index (χ0n) is 26.1. The number of amides is 1. The summed E-state index contributed by atoms with van der Waals surface area (Å²) in [4.78, 5) is 47.7. The molecule has 45 heavy (non-hydrogen) atoms. The van der Waals surface area contributed by atoms with Crippen molar-refractivity contribution in [1.82, 2.24) is 14.8 Å². The molecule has 2 aliphatic heterocycles. The molecule has 0 N–H and O–H groups in total. The van der Waals surface area contributed by atoms with Crippen molar-refractivity contribution in [3.05, 3.63) is 94.6 Å². The van der Waals surface area contributed by atoms with Crippen LogP contribution >= 0.6 is 0 Å². The molecule has 0 radical (unpaired) electrons. The Morgan fingerprint density at radius 2 is 1.71 bits per heavy atom. The van der Waals surface area contributed by atoms with Gasteiger partial charge >= 0.3 is 0 Å². The quantitative estimate of drug-likeness (QED) is 0.276. The van der Waals surface area contributed by atoms with E-state index in [0.29, 0.717) is 61.5 Å². The Labute approximate surface area is 263 Å². The van der Waals surface area contributed by atoms with E-state index in [4.69, 9.17) is 10.00 Å². The number of ketones is 2. The Morgan fingerprint density at radius 3 is 2.31 bits per heavy atom. The molecule has 5 rings (SSSR count). The van der Waals surface area contributed by atoms with Crippen LogP contribution in [0.2, 0.25) is 0 Å². The Hall–Kier alpha value is -4.42. The molecule has 1 amide bonds. The normalized spacial score (nSPS) is 18.6. The molecule has 2 saturated heterocycles. The van der Waals surface area contributed by atoms with Crippen molar-refractivity contribution in [1.29, 1.82) is 5.26 Å². The number of halogens is 1. The first-order valence-electron chi connectivity index (χ1n) is 15.5. The second kappa shape index (κ2) is 13.7. The van der Waals surface area contributed by atoms with Crippen molar-refractivity contribution in [2.24, 2.45) is 17.3 Å². The predicted octanol–water partition coefficient (Wildman–Crippen LogP) is 5.96. The average Bonchev–Trinajstić information content (AvgIpc) is 3.05. The third-order valence-corrected chi connectivity index (χ3v) is 9.35. The molecule has 234 valence electrons. The fraction of sp³-hybridized carbons (Fsp3) is 0.417. The number of nitrogens with zero attached hydrogens (tertiary/aromatic N) is 4. The summed E-state index contributed by atoms with van der Waals surface area (Å²) in [6, 6.07) is 17.0. The molecule has 8 nitrogen and oxygen atoms in total. The summed E-state index contributed by atoms with van der Waals surface area (Å²) in [5.41, 5.74) is 2.16. The van der Waals surface area contributed by atoms with Gasteiger partial charge in [0.1, 0.15) is 23.3 Å². The molecule has 0 spiro atoms. The average molecular weight is 611 g/mol. The van der Waals surface area contributed by atoms with Crippen molar-refractivity contribution < 1.29 is 23.5 Å². The molecular formula is C36H39FN4O4. The molecule has 9 heteroatoms. The largest absolute Gasteiger partial charge is 0.497 e. The van der Waals surface area contributed by atoms with E-state index in [0.717, 1.165) is 25.1 Å². The van der Waals surface area contributed by atoms with Gasteiger partial charge in [-0.3, -0.25) is 24.3 Å². The second-order valence-corrected chi connectivity index (χ2v) is 12.8. The highest BCUT2D eigenvalue weighted by atomic mass is 19.1. The van der Waals surface area contributed by atoms with Crippen LogP contribution in [-0.2, 0) is 6.54 Å². The number of Topliss-reactive ketones (excluding diaryl/α,β-unsaturated/α-hetero) is 2. The highest BCUT2D eigenvalue weighted by Gasteiger charge is 2.37. The lowest BCUT2D eigenvalue weighted by Gasteiger charge is -2.44. The Morgan fingerprint density at radius 1 is 1.00 bits per heavy atom. The minimum atomic E-state index is -0.502. The first-order valence-corrected chi connectivity index (χ1v) is 15.5. The van der Waals surface area contributed by atoms with E-state index in [-0.39, 0.29) is 40.3 Å². The van der Waals surface area contributed by atoms with Gasteiger partial charge in [0.2, 0.25) is 0 Å². The smallest absolute Gasteiger partial charge is 0.272 e. The number of hydrogen-bond donors (Lipinski definition) is 0. The van der Waals surface area contributed by atoms with Crippen LogP contribution in [0.5, 0.6) is 5.75 Å². The van der Waals surface area contributed by atoms with Gasteiger partial charge in [0.15, 0.2) is 11.6 Å². The molecule has 3 aromatic rings. The zero-order chi connectivity index (χ0) is 32.1. The number of methoxy groups -OCH3 is 1. The lowest BCUT2D eigenvalue weighted by molar-refractivity contribution is 0.0430. The highest BCUT2D eigenvalue weighted by molar-refractivity contribution is 5.99. The van der Waals surface area contributed by atoms with Gasteiger partial charge in [-0.25, -0.2) is 4.39 Å². The van der Waals surface area contributed by atoms with Crippen molar-refractivity contribution in [2.45, 2.75) is 46.1 Å². The van der Waals surface area contributed by atoms with Gasteiger partial charge in [-0.2, -0.15) is 5.26 Å². The standard InChI is InChI=1S/C36H39FN4O4/c1-36(2)23-40(22-24-4-5-27(20-38)31(37)18-24)15-14-29(36)19-33(42)28-8-11-32(39-21-28)35(44)41-16-12-26(13-17-41)34(43)25-6-9-30(45-3)10-7-25/h4-11,18,21,26,29H,12-17,19,22-23H2,1-3H3. The van der Waals surface area contributed by atoms with Crippen LogP contribution in [-0.4, -0.2) is 65.5 Å². The second-order valence-electron chi connectivity index (χ2n) is 12.8. The third kappa shape index (κ3) is 7.46. The van der Waals surface area contributed by atoms with Crippen molar-refractivity contribution in [2.75, 3.05) is 33.3 Å². The lowest BCUT2D eigenvalue weighted by Crippen LogP contribution is -2.45. The summed E-state index contributed by atoms with van der Waals surface area (Å²) in [5.74, 6) is 0.125. The van der Waals surface area contributed by atoms with Gasteiger partial charge in [-0.15, -0.1) is 0 Å². The SMILES string of the molecule is COc1ccc(C(=O)C2CCN(C(=O)c3ccc(C(=O)CC4CCN(Cc5ccc(C#N)c(F)c5)CC4(C)C)cn3)CC2)cc1. The maximum atomic E-state index is 14.1. The topological polar surface area (TPSA) is 104 Å². The fourth-order valence-electron chi connectivity index (χ4n) is 6.56. The highest BCUT2D eigenvalue weighted by Crippen LogP contribution is 2.38. The van der Waals surface area contributed by atoms with E-state index in [2.05, 4.69) is 23.7 Å². The molecule has 1 aromatic heterocycles. The van der Waals surface area contributed by atoms with Crippen LogP contribution in [0.3, 0.4) is 0 Å². The Kier molecular flexibility index (Phi) is 9.74. The summed E-state index contributed by atoms with van der Waals surface area (Å²) >= 11 is 0. The molecule has 0 saturated carbocycles. The number of pyridine rings is 1. The van der Waals surface area contributed by atoms with Crippen molar-refractivity contribution in [3.8, 4) is 11.8 Å². The molecule has 0 bridgehead atoms. The molecular weight excluding hydrogens is 571 g/mol. The third-order valence-electron chi connectivity index (χ3n) is 9.35. The monoisotopic (exact) mass is 610 g/mol. The Bertz CT molecular complexity index is 1590. The Balaban J connectivity index is 1.11. The van der Waals surface area contributed by atoms with Crippen LogP contribution in [0.4, 0.5) is 4.39 Å². The molecule has 1 unspecified atom stereocenters. The predicted molar refractivity (Wildman–Crippen MR) is 167 cm³/mol. The van der Waals surface area contributed by atoms with Gasteiger partial charge in [-0.1, -0.05) is 19.9 Å². The molecule has 0 aliphatic carbocycles. The molecule has 2 fully saturated rings. The van der Waals surface area contributed by atoms with E-state index in [1.54, 1.807) is 54.5 Å². The number of ether oxygens (including phenoxy) is 1. The van der Waals surface area contributed by atoms with Gasteiger partial charge in [-0.05, 0) is 91.2 Å². The lowest BCUT2D eigenvalue weighted by atomic mass is 9.71. The summed E-state index contributed by atoms with van der Waals surface area (Å²) in [6.07, 6.45) is 3.89. The molecule has 1 atom stereocenters. The van der Waals surface area contributed by atoms with Gasteiger partial charge in [0, 0.05) is 55.8 Å². The van der Waals surface area contributed by atoms with Gasteiger partial charge < -0.3 is 9.64 Å².